The van der Waals surface area contributed by atoms with E-state index in [2.05, 4.69) is 0 Å². The zero-order chi connectivity index (χ0) is 15.9. The van der Waals surface area contributed by atoms with Crippen LogP contribution < -0.4 is 0 Å². The van der Waals surface area contributed by atoms with E-state index in [1.807, 2.05) is 43.1 Å². The smallest absolute Gasteiger partial charge is 0.253 e. The van der Waals surface area contributed by atoms with Crippen molar-refractivity contribution in [1.82, 2.24) is 4.90 Å². The molecule has 1 amide bonds. The van der Waals surface area contributed by atoms with Crippen molar-refractivity contribution in [1.29, 1.82) is 0 Å². The van der Waals surface area contributed by atoms with Gasteiger partial charge in [-0.3, -0.25) is 4.79 Å². The fourth-order valence-electron chi connectivity index (χ4n) is 3.27. The van der Waals surface area contributed by atoms with Gasteiger partial charge in [0.05, 0.1) is 6.10 Å². The highest BCUT2D eigenvalue weighted by Crippen LogP contribution is 2.23. The molecule has 1 aromatic rings. The summed E-state index contributed by atoms with van der Waals surface area (Å²) in [7, 11) is 1.93. The maximum absolute atomic E-state index is 12.7. The van der Waals surface area contributed by atoms with Gasteiger partial charge in [-0.1, -0.05) is 51.2 Å². The van der Waals surface area contributed by atoms with Crippen molar-refractivity contribution in [3.63, 3.8) is 0 Å². The molecule has 1 fully saturated rings. The fraction of sp³-hybridized carbons (Fsp3) is 0.632. The van der Waals surface area contributed by atoms with Crippen LogP contribution in [0.15, 0.2) is 24.3 Å². The molecule has 0 aliphatic heterocycles. The average Bonchev–Trinajstić information content (AvgIpc) is 2.52. The molecule has 122 valence electrons. The number of amides is 1. The molecule has 22 heavy (non-hydrogen) atoms. The predicted octanol–water partition coefficient (Wildman–Crippen LogP) is 4.31. The molecule has 1 atom stereocenters. The minimum Gasteiger partial charge on any atom is -0.388 e. The van der Waals surface area contributed by atoms with Crippen molar-refractivity contribution < 1.29 is 9.90 Å². The number of carbonyl (C=O) groups is 1. The molecule has 3 nitrogen and oxygen atoms in total. The Labute approximate surface area is 134 Å². The molecule has 1 N–H and O–H groups in total. The van der Waals surface area contributed by atoms with E-state index in [1.54, 1.807) is 0 Å². The van der Waals surface area contributed by atoms with E-state index in [9.17, 15) is 9.90 Å². The van der Waals surface area contributed by atoms with Crippen LogP contribution in [0.1, 0.15) is 80.3 Å². The largest absolute Gasteiger partial charge is 0.388 e. The van der Waals surface area contributed by atoms with Gasteiger partial charge in [-0.2, -0.15) is 0 Å². The van der Waals surface area contributed by atoms with Crippen molar-refractivity contribution in [3.05, 3.63) is 35.4 Å². The summed E-state index contributed by atoms with van der Waals surface area (Å²) in [6.07, 6.45) is 8.87. The molecule has 0 bridgehead atoms. The molecule has 0 saturated heterocycles. The second-order valence-corrected chi connectivity index (χ2v) is 6.46. The SMILES string of the molecule is CCC(O)c1ccc(C(=O)N(C)C2CCCCCCC2)cc1. The molecule has 1 aliphatic rings. The van der Waals surface area contributed by atoms with Crippen molar-refractivity contribution in [3.8, 4) is 0 Å². The molecule has 0 radical (unpaired) electrons. The monoisotopic (exact) mass is 303 g/mol. The molecule has 1 saturated carbocycles. The van der Waals surface area contributed by atoms with Crippen LogP contribution in [0, 0.1) is 0 Å². The van der Waals surface area contributed by atoms with Gasteiger partial charge in [0.2, 0.25) is 0 Å². The van der Waals surface area contributed by atoms with E-state index in [1.165, 1.54) is 32.1 Å². The van der Waals surface area contributed by atoms with Crippen LogP contribution >= 0.6 is 0 Å². The molecular formula is C19H29NO2. The first-order chi connectivity index (χ1) is 10.6. The van der Waals surface area contributed by atoms with E-state index in [-0.39, 0.29) is 5.91 Å². The molecule has 3 heteroatoms. The van der Waals surface area contributed by atoms with Gasteiger partial charge >= 0.3 is 0 Å². The maximum Gasteiger partial charge on any atom is 0.253 e. The van der Waals surface area contributed by atoms with Gasteiger partial charge < -0.3 is 10.0 Å². The standard InChI is InChI=1S/C19H29NO2/c1-3-18(21)15-11-13-16(14-12-15)19(22)20(2)17-9-7-5-4-6-8-10-17/h11-14,17-18,21H,3-10H2,1-2H3. The summed E-state index contributed by atoms with van der Waals surface area (Å²) in [4.78, 5) is 14.6. The Kier molecular flexibility index (Phi) is 6.44. The zero-order valence-corrected chi connectivity index (χ0v) is 13.9. The number of rotatable bonds is 4. The molecule has 0 aromatic heterocycles. The van der Waals surface area contributed by atoms with Gasteiger partial charge in [-0.15, -0.1) is 0 Å². The Balaban J connectivity index is 2.02. The first-order valence-corrected chi connectivity index (χ1v) is 8.68. The van der Waals surface area contributed by atoms with Crippen LogP contribution in [-0.2, 0) is 0 Å². The van der Waals surface area contributed by atoms with Gasteiger partial charge in [0.1, 0.15) is 0 Å². The number of benzene rings is 1. The molecule has 2 rings (SSSR count). The Hall–Kier alpha value is -1.35. The van der Waals surface area contributed by atoms with Gasteiger partial charge in [0, 0.05) is 18.7 Å². The first-order valence-electron chi connectivity index (χ1n) is 8.68. The highest BCUT2D eigenvalue weighted by molar-refractivity contribution is 5.94. The molecule has 1 aromatic carbocycles. The summed E-state index contributed by atoms with van der Waals surface area (Å²) >= 11 is 0. The highest BCUT2D eigenvalue weighted by atomic mass is 16.3. The molecule has 0 heterocycles. The summed E-state index contributed by atoms with van der Waals surface area (Å²) in [6.45, 7) is 1.95. The van der Waals surface area contributed by atoms with E-state index < -0.39 is 6.10 Å². The van der Waals surface area contributed by atoms with Gasteiger partial charge in [-0.25, -0.2) is 0 Å². The van der Waals surface area contributed by atoms with Crippen LogP contribution in [0.4, 0.5) is 0 Å². The Morgan fingerprint density at radius 1 is 1.14 bits per heavy atom. The van der Waals surface area contributed by atoms with E-state index in [0.29, 0.717) is 12.5 Å². The van der Waals surface area contributed by atoms with Crippen LogP contribution in [0.3, 0.4) is 0 Å². The van der Waals surface area contributed by atoms with Crippen LogP contribution in [0.25, 0.3) is 0 Å². The molecule has 1 aliphatic carbocycles. The summed E-state index contributed by atoms with van der Waals surface area (Å²) in [5.74, 6) is 0.100. The summed E-state index contributed by atoms with van der Waals surface area (Å²) in [6, 6.07) is 7.79. The van der Waals surface area contributed by atoms with Gasteiger partial charge in [-0.05, 0) is 37.0 Å². The Morgan fingerprint density at radius 3 is 2.23 bits per heavy atom. The van der Waals surface area contributed by atoms with Gasteiger partial charge in [0.15, 0.2) is 0 Å². The minimum absolute atomic E-state index is 0.100. The molecule has 1 unspecified atom stereocenters. The summed E-state index contributed by atoms with van der Waals surface area (Å²) in [5.41, 5.74) is 1.60. The van der Waals surface area contributed by atoms with Crippen LogP contribution in [-0.4, -0.2) is 29.0 Å². The van der Waals surface area contributed by atoms with Crippen LogP contribution in [0.5, 0.6) is 0 Å². The van der Waals surface area contributed by atoms with Gasteiger partial charge in [0.25, 0.3) is 5.91 Å². The van der Waals surface area contributed by atoms with Crippen LogP contribution in [0.2, 0.25) is 0 Å². The zero-order valence-electron chi connectivity index (χ0n) is 13.9. The number of carbonyl (C=O) groups excluding carboxylic acids is 1. The number of nitrogens with zero attached hydrogens (tertiary/aromatic N) is 1. The normalized spacial score (nSPS) is 18.3. The van der Waals surface area contributed by atoms with Crippen molar-refractivity contribution in [2.45, 2.75) is 70.4 Å². The second kappa shape index (κ2) is 8.33. The van der Waals surface area contributed by atoms with E-state index in [4.69, 9.17) is 0 Å². The number of aliphatic hydroxyl groups excluding tert-OH is 1. The van der Waals surface area contributed by atoms with Crippen molar-refractivity contribution >= 4 is 5.91 Å². The first kappa shape index (κ1) is 17.0. The Bertz CT molecular complexity index is 461. The minimum atomic E-state index is -0.438. The third-order valence-electron chi connectivity index (χ3n) is 4.87. The lowest BCUT2D eigenvalue weighted by molar-refractivity contribution is 0.0706. The van der Waals surface area contributed by atoms with Crippen molar-refractivity contribution in [2.24, 2.45) is 0 Å². The lowest BCUT2D eigenvalue weighted by atomic mass is 9.95. The molecule has 0 spiro atoms. The average molecular weight is 303 g/mol. The lowest BCUT2D eigenvalue weighted by Crippen LogP contribution is -2.37. The van der Waals surface area contributed by atoms with E-state index in [0.717, 1.165) is 24.0 Å². The van der Waals surface area contributed by atoms with Crippen molar-refractivity contribution in [2.75, 3.05) is 7.05 Å². The third-order valence-corrected chi connectivity index (χ3v) is 4.87. The lowest BCUT2D eigenvalue weighted by Gasteiger charge is -2.30. The fourth-order valence-corrected chi connectivity index (χ4v) is 3.27. The Morgan fingerprint density at radius 2 is 1.68 bits per heavy atom. The summed E-state index contributed by atoms with van der Waals surface area (Å²) in [5, 5.41) is 9.83. The second-order valence-electron chi connectivity index (χ2n) is 6.46. The quantitative estimate of drug-likeness (QED) is 0.900. The highest BCUT2D eigenvalue weighted by Gasteiger charge is 2.21. The topological polar surface area (TPSA) is 40.5 Å². The summed E-state index contributed by atoms with van der Waals surface area (Å²) < 4.78 is 0. The maximum atomic E-state index is 12.7. The predicted molar refractivity (Wildman–Crippen MR) is 89.9 cm³/mol. The number of hydrogen-bond acceptors (Lipinski definition) is 2. The molecular weight excluding hydrogens is 274 g/mol. The third kappa shape index (κ3) is 4.33. The number of hydrogen-bond donors (Lipinski definition) is 1. The number of aliphatic hydroxyl groups is 1. The van der Waals surface area contributed by atoms with E-state index >= 15 is 0 Å².